The van der Waals surface area contributed by atoms with E-state index in [1.807, 2.05) is 13.8 Å². The van der Waals surface area contributed by atoms with Crippen molar-refractivity contribution < 1.29 is 13.2 Å². The van der Waals surface area contributed by atoms with Crippen LogP contribution in [-0.2, 0) is 12.8 Å². The van der Waals surface area contributed by atoms with Crippen molar-refractivity contribution in [2.24, 2.45) is 0 Å². The molecule has 0 aromatic rings. The first-order valence-electron chi connectivity index (χ1n) is 4.07. The third-order valence-corrected chi connectivity index (χ3v) is 6.33. The van der Waals surface area contributed by atoms with Gasteiger partial charge in [0, 0.05) is 16.0 Å². The first kappa shape index (κ1) is 13.1. The van der Waals surface area contributed by atoms with Gasteiger partial charge in [0.1, 0.15) is 5.76 Å². The number of rotatable bonds is 3. The van der Waals surface area contributed by atoms with E-state index in [1.165, 1.54) is 16.9 Å². The molecule has 1 aliphatic heterocycles. The van der Waals surface area contributed by atoms with Crippen molar-refractivity contribution in [2.45, 2.75) is 20.0 Å². The summed E-state index contributed by atoms with van der Waals surface area (Å²) in [4.78, 5) is 0. The van der Waals surface area contributed by atoms with Gasteiger partial charge in [-0.15, -0.1) is 0 Å². The lowest BCUT2D eigenvalue weighted by Gasteiger charge is -2.14. The lowest BCUT2D eigenvalue weighted by atomic mass is 10.4. The van der Waals surface area contributed by atoms with E-state index in [1.54, 1.807) is 0 Å². The molecule has 7 heteroatoms. The van der Waals surface area contributed by atoms with Crippen molar-refractivity contribution in [3.63, 3.8) is 0 Å². The highest BCUT2D eigenvalue weighted by Gasteiger charge is 2.16. The zero-order chi connectivity index (χ0) is 11.6. The molecule has 1 aliphatic rings. The highest BCUT2D eigenvalue weighted by molar-refractivity contribution is 8.87. The number of allylic oxidation sites excluding steroid dienone is 3. The SMILES string of the molecule is CC(C)OC1=C(Cl)C=CS(S(=O)(=O)Cl)=C1. The summed E-state index contributed by atoms with van der Waals surface area (Å²) in [6.07, 6.45) is 1.42. The zero-order valence-electron chi connectivity index (χ0n) is 8.11. The molecule has 0 spiro atoms. The molecule has 0 aliphatic carbocycles. The predicted octanol–water partition coefficient (Wildman–Crippen LogP) is 2.94. The number of hydrogen-bond acceptors (Lipinski definition) is 3. The monoisotopic (exact) mass is 288 g/mol. The standard InChI is InChI=1S/C8H10Cl2O3S2/c1-6(2)13-8-5-14(15(10,11)12)4-3-7(8)9/h3-6H,1-2H3. The molecule has 3 nitrogen and oxygen atoms in total. The summed E-state index contributed by atoms with van der Waals surface area (Å²) in [6.45, 7) is 3.66. The van der Waals surface area contributed by atoms with Gasteiger partial charge in [-0.1, -0.05) is 11.6 Å². The Kier molecular flexibility index (Phi) is 4.29. The van der Waals surface area contributed by atoms with Crippen LogP contribution in [0.3, 0.4) is 0 Å². The summed E-state index contributed by atoms with van der Waals surface area (Å²) in [6, 6.07) is 0. The van der Waals surface area contributed by atoms with Crippen LogP contribution in [0.2, 0.25) is 0 Å². The fourth-order valence-electron chi connectivity index (χ4n) is 0.872. The average molecular weight is 289 g/mol. The highest BCUT2D eigenvalue weighted by Crippen LogP contribution is 2.33. The average Bonchev–Trinajstić information content (AvgIpc) is 2.06. The lowest BCUT2D eigenvalue weighted by molar-refractivity contribution is 0.165. The van der Waals surface area contributed by atoms with E-state index in [4.69, 9.17) is 27.0 Å². The normalized spacial score (nSPS) is 21.8. The molecule has 0 saturated heterocycles. The molecular weight excluding hydrogens is 279 g/mol. The van der Waals surface area contributed by atoms with Crippen molar-refractivity contribution in [1.29, 1.82) is 0 Å². The smallest absolute Gasteiger partial charge is 0.283 e. The second kappa shape index (κ2) is 4.91. The van der Waals surface area contributed by atoms with Crippen LogP contribution in [0.25, 0.3) is 0 Å². The first-order valence-corrected chi connectivity index (χ1v) is 8.63. The van der Waals surface area contributed by atoms with E-state index in [2.05, 4.69) is 0 Å². The van der Waals surface area contributed by atoms with Gasteiger partial charge in [0.2, 0.25) is 0 Å². The second-order valence-corrected chi connectivity index (χ2v) is 9.62. The molecule has 1 atom stereocenters. The van der Waals surface area contributed by atoms with Gasteiger partial charge >= 0.3 is 0 Å². The fraction of sp³-hybridized carbons (Fsp3) is 0.375. The van der Waals surface area contributed by atoms with Gasteiger partial charge in [0.15, 0.2) is 0 Å². The molecule has 0 radical (unpaired) electrons. The molecule has 0 bridgehead atoms. The minimum atomic E-state index is -3.63. The maximum Gasteiger partial charge on any atom is 0.283 e. The van der Waals surface area contributed by atoms with Gasteiger partial charge in [0.05, 0.1) is 11.1 Å². The maximum absolute atomic E-state index is 11.1. The predicted molar refractivity (Wildman–Crippen MR) is 66.7 cm³/mol. The van der Waals surface area contributed by atoms with Gasteiger partial charge in [-0.3, -0.25) is 0 Å². The van der Waals surface area contributed by atoms with Crippen LogP contribution in [-0.4, -0.2) is 19.9 Å². The number of halogens is 2. The van der Waals surface area contributed by atoms with Crippen LogP contribution in [0.1, 0.15) is 13.8 Å². The number of hydrogen-bond donors (Lipinski definition) is 0. The van der Waals surface area contributed by atoms with Gasteiger partial charge < -0.3 is 4.74 Å². The molecule has 0 aromatic heterocycles. The van der Waals surface area contributed by atoms with Crippen molar-refractivity contribution in [2.75, 3.05) is 0 Å². The van der Waals surface area contributed by atoms with Gasteiger partial charge in [-0.05, 0) is 34.8 Å². The fourth-order valence-corrected chi connectivity index (χ4v) is 4.04. The van der Waals surface area contributed by atoms with Crippen LogP contribution in [0, 0.1) is 0 Å². The summed E-state index contributed by atoms with van der Waals surface area (Å²) < 4.78 is 27.6. The lowest BCUT2D eigenvalue weighted by Crippen LogP contribution is -2.06. The molecule has 0 fully saturated rings. The summed E-state index contributed by atoms with van der Waals surface area (Å²) in [5, 5.41) is 3.25. The summed E-state index contributed by atoms with van der Waals surface area (Å²) >= 11 is 5.85. The van der Waals surface area contributed by atoms with Crippen molar-refractivity contribution in [1.82, 2.24) is 0 Å². The Bertz CT molecular complexity index is 447. The Hall–Kier alpha value is 0.0300. The molecule has 0 aromatic carbocycles. The third-order valence-electron chi connectivity index (χ3n) is 1.40. The molecule has 1 unspecified atom stereocenters. The Morgan fingerprint density at radius 2 is 2.07 bits per heavy atom. The quantitative estimate of drug-likeness (QED) is 0.456. The van der Waals surface area contributed by atoms with Crippen molar-refractivity contribution in [3.05, 3.63) is 22.3 Å². The Morgan fingerprint density at radius 3 is 2.53 bits per heavy atom. The Balaban J connectivity index is 3.07. The Morgan fingerprint density at radius 1 is 1.47 bits per heavy atom. The third kappa shape index (κ3) is 3.83. The second-order valence-electron chi connectivity index (χ2n) is 3.02. The maximum atomic E-state index is 11.1. The topological polar surface area (TPSA) is 43.4 Å². The molecule has 15 heavy (non-hydrogen) atoms. The van der Waals surface area contributed by atoms with Gasteiger partial charge in [-0.25, -0.2) is 8.42 Å². The van der Waals surface area contributed by atoms with Crippen molar-refractivity contribution >= 4 is 45.2 Å². The first-order chi connectivity index (χ1) is 6.80. The van der Waals surface area contributed by atoms with E-state index in [9.17, 15) is 8.42 Å². The molecule has 0 amide bonds. The van der Waals surface area contributed by atoms with E-state index < -0.39 is 17.6 Å². The van der Waals surface area contributed by atoms with E-state index in [-0.39, 0.29) is 6.10 Å². The van der Waals surface area contributed by atoms with E-state index >= 15 is 0 Å². The van der Waals surface area contributed by atoms with Crippen LogP contribution < -0.4 is 0 Å². The summed E-state index contributed by atoms with van der Waals surface area (Å²) in [7, 11) is 0.445. The van der Waals surface area contributed by atoms with E-state index in [0.717, 1.165) is 0 Å². The summed E-state index contributed by atoms with van der Waals surface area (Å²) in [5.74, 6) is 0.363. The number of ether oxygens (including phenoxy) is 1. The Labute approximate surface area is 100 Å². The molecule has 86 valence electrons. The van der Waals surface area contributed by atoms with E-state index in [0.29, 0.717) is 10.8 Å². The molecule has 0 N–H and O–H groups in total. The van der Waals surface area contributed by atoms with Crippen LogP contribution in [0.4, 0.5) is 0 Å². The highest BCUT2D eigenvalue weighted by atomic mass is 35.8. The van der Waals surface area contributed by atoms with Gasteiger partial charge in [-0.2, -0.15) is 0 Å². The molecular formula is C8H10Cl2O3S2. The molecule has 1 rings (SSSR count). The minimum absolute atomic E-state index is 0.0695. The molecule has 1 heterocycles. The van der Waals surface area contributed by atoms with Crippen LogP contribution >= 0.6 is 31.8 Å². The summed E-state index contributed by atoms with van der Waals surface area (Å²) in [5.41, 5.74) is 0. The van der Waals surface area contributed by atoms with Crippen LogP contribution in [0.15, 0.2) is 22.3 Å². The minimum Gasteiger partial charge on any atom is -0.489 e. The zero-order valence-corrected chi connectivity index (χ0v) is 11.3. The largest absolute Gasteiger partial charge is 0.489 e. The molecule has 0 saturated carbocycles. The van der Waals surface area contributed by atoms with Crippen molar-refractivity contribution in [3.8, 4) is 0 Å². The van der Waals surface area contributed by atoms with Crippen LogP contribution in [0.5, 0.6) is 0 Å². The van der Waals surface area contributed by atoms with Gasteiger partial charge in [0.25, 0.3) is 8.08 Å².